The molecule has 7 heteroatoms. The summed E-state index contributed by atoms with van der Waals surface area (Å²) in [6.45, 7) is 1.97. The molecule has 102 valence electrons. The van der Waals surface area contributed by atoms with E-state index in [4.69, 9.17) is 0 Å². The molecule has 2 rings (SSSR count). The first-order chi connectivity index (χ1) is 9.03. The molecule has 0 amide bonds. The number of thiazole rings is 1. The Hall–Kier alpha value is -1.44. The summed E-state index contributed by atoms with van der Waals surface area (Å²) in [5, 5.41) is 5.17. The van der Waals surface area contributed by atoms with Crippen LogP contribution >= 0.6 is 11.3 Å². The monoisotopic (exact) mass is 297 g/mol. The molecule has 0 bridgehead atoms. The standard InChI is InChI=1S/C12H15N3O2S2/c1-9(13-2)10-4-3-5-11(8-10)19(16,17)15-12-14-6-7-18-12/h3-9,13H,1-2H3,(H,14,15). The number of aromatic nitrogens is 1. The molecule has 0 radical (unpaired) electrons. The zero-order valence-corrected chi connectivity index (χ0v) is 12.3. The molecule has 0 saturated heterocycles. The fraction of sp³-hybridized carbons (Fsp3) is 0.250. The number of hydrogen-bond acceptors (Lipinski definition) is 5. The number of hydrogen-bond donors (Lipinski definition) is 2. The highest BCUT2D eigenvalue weighted by Crippen LogP contribution is 2.20. The van der Waals surface area contributed by atoms with E-state index in [1.54, 1.807) is 29.8 Å². The Bertz CT molecular complexity index is 639. The molecule has 2 N–H and O–H groups in total. The van der Waals surface area contributed by atoms with Crippen molar-refractivity contribution in [2.45, 2.75) is 17.9 Å². The minimum absolute atomic E-state index is 0.0926. The molecule has 1 unspecified atom stereocenters. The van der Waals surface area contributed by atoms with Crippen molar-refractivity contribution in [1.82, 2.24) is 10.3 Å². The maximum Gasteiger partial charge on any atom is 0.263 e. The van der Waals surface area contributed by atoms with Gasteiger partial charge in [-0.1, -0.05) is 12.1 Å². The van der Waals surface area contributed by atoms with Gasteiger partial charge in [0.05, 0.1) is 4.90 Å². The number of nitrogens with one attached hydrogen (secondary N) is 2. The number of benzene rings is 1. The molecule has 1 heterocycles. The van der Waals surface area contributed by atoms with E-state index in [2.05, 4.69) is 15.0 Å². The van der Waals surface area contributed by atoms with Crippen molar-refractivity contribution in [2.75, 3.05) is 11.8 Å². The first kappa shape index (κ1) is 14.0. The molecule has 0 fully saturated rings. The normalized spacial score (nSPS) is 13.2. The third-order valence-corrected chi connectivity index (χ3v) is 4.91. The molecule has 1 aromatic carbocycles. The largest absolute Gasteiger partial charge is 0.313 e. The van der Waals surface area contributed by atoms with Crippen molar-refractivity contribution >= 4 is 26.5 Å². The van der Waals surface area contributed by atoms with Crippen molar-refractivity contribution in [2.24, 2.45) is 0 Å². The average molecular weight is 297 g/mol. The average Bonchev–Trinajstić information content (AvgIpc) is 2.90. The van der Waals surface area contributed by atoms with E-state index in [1.165, 1.54) is 11.3 Å². The Morgan fingerprint density at radius 1 is 1.37 bits per heavy atom. The van der Waals surface area contributed by atoms with Crippen LogP contribution < -0.4 is 10.0 Å². The summed E-state index contributed by atoms with van der Waals surface area (Å²) in [4.78, 5) is 4.15. The summed E-state index contributed by atoms with van der Waals surface area (Å²) in [5.41, 5.74) is 0.921. The van der Waals surface area contributed by atoms with Crippen molar-refractivity contribution in [1.29, 1.82) is 0 Å². The first-order valence-corrected chi connectivity index (χ1v) is 8.09. The smallest absolute Gasteiger partial charge is 0.263 e. The van der Waals surface area contributed by atoms with Crippen LogP contribution in [-0.4, -0.2) is 20.4 Å². The van der Waals surface area contributed by atoms with Gasteiger partial charge in [0.2, 0.25) is 0 Å². The third kappa shape index (κ3) is 3.31. The van der Waals surface area contributed by atoms with Gasteiger partial charge in [0.25, 0.3) is 10.0 Å². The van der Waals surface area contributed by atoms with Gasteiger partial charge in [0.1, 0.15) is 0 Å². The SMILES string of the molecule is CNC(C)c1cccc(S(=O)(=O)Nc2nccs2)c1. The highest BCUT2D eigenvalue weighted by Gasteiger charge is 2.16. The number of sulfonamides is 1. The van der Waals surface area contributed by atoms with Crippen LogP contribution in [0.15, 0.2) is 40.7 Å². The second kappa shape index (κ2) is 5.68. The summed E-state index contributed by atoms with van der Waals surface area (Å²) < 4.78 is 26.9. The lowest BCUT2D eigenvalue weighted by Crippen LogP contribution is -2.15. The molecular weight excluding hydrogens is 282 g/mol. The van der Waals surface area contributed by atoms with Crippen molar-refractivity contribution in [3.05, 3.63) is 41.4 Å². The zero-order chi connectivity index (χ0) is 13.9. The van der Waals surface area contributed by atoms with Gasteiger partial charge in [-0.3, -0.25) is 4.72 Å². The quantitative estimate of drug-likeness (QED) is 0.888. The van der Waals surface area contributed by atoms with Gasteiger partial charge in [0, 0.05) is 17.6 Å². The molecule has 19 heavy (non-hydrogen) atoms. The Labute approximate surface area is 116 Å². The van der Waals surface area contributed by atoms with Gasteiger partial charge in [-0.25, -0.2) is 13.4 Å². The Kier molecular flexibility index (Phi) is 4.18. The van der Waals surface area contributed by atoms with Gasteiger partial charge in [-0.05, 0) is 31.7 Å². The molecule has 0 aliphatic heterocycles. The van der Waals surface area contributed by atoms with Crippen LogP contribution in [0.25, 0.3) is 0 Å². The van der Waals surface area contributed by atoms with Crippen molar-refractivity contribution < 1.29 is 8.42 Å². The lowest BCUT2D eigenvalue weighted by atomic mass is 10.1. The molecule has 0 aliphatic rings. The van der Waals surface area contributed by atoms with Gasteiger partial charge >= 0.3 is 0 Å². The molecule has 2 aromatic rings. The lowest BCUT2D eigenvalue weighted by Gasteiger charge is -2.12. The molecule has 0 saturated carbocycles. The van der Waals surface area contributed by atoms with Gasteiger partial charge in [0.15, 0.2) is 5.13 Å². The number of rotatable bonds is 5. The Balaban J connectivity index is 2.30. The summed E-state index contributed by atoms with van der Waals surface area (Å²) in [5.74, 6) is 0. The van der Waals surface area contributed by atoms with Gasteiger partial charge in [-0.15, -0.1) is 11.3 Å². The van der Waals surface area contributed by atoms with Gasteiger partial charge < -0.3 is 5.32 Å². The van der Waals surface area contributed by atoms with Gasteiger partial charge in [-0.2, -0.15) is 0 Å². The molecule has 0 aliphatic carbocycles. The summed E-state index contributed by atoms with van der Waals surface area (Å²) in [6.07, 6.45) is 1.56. The summed E-state index contributed by atoms with van der Waals surface area (Å²) in [6, 6.07) is 6.96. The minimum Gasteiger partial charge on any atom is -0.313 e. The van der Waals surface area contributed by atoms with Crippen LogP contribution in [0, 0.1) is 0 Å². The van der Waals surface area contributed by atoms with E-state index in [-0.39, 0.29) is 10.9 Å². The molecule has 5 nitrogen and oxygen atoms in total. The Morgan fingerprint density at radius 3 is 2.79 bits per heavy atom. The molecule has 1 atom stereocenters. The van der Waals surface area contributed by atoms with Crippen LogP contribution in [-0.2, 0) is 10.0 Å². The number of nitrogens with zero attached hydrogens (tertiary/aromatic N) is 1. The molecular formula is C12H15N3O2S2. The van der Waals surface area contributed by atoms with Crippen LogP contribution in [0.1, 0.15) is 18.5 Å². The third-order valence-electron chi connectivity index (χ3n) is 2.76. The highest BCUT2D eigenvalue weighted by atomic mass is 32.2. The number of anilines is 1. The van der Waals surface area contributed by atoms with Crippen LogP contribution in [0.5, 0.6) is 0 Å². The topological polar surface area (TPSA) is 71.1 Å². The zero-order valence-electron chi connectivity index (χ0n) is 10.6. The molecule has 1 aromatic heterocycles. The first-order valence-electron chi connectivity index (χ1n) is 5.72. The van der Waals surface area contributed by atoms with Crippen LogP contribution in [0.2, 0.25) is 0 Å². The second-order valence-corrected chi connectivity index (χ2v) is 6.60. The van der Waals surface area contributed by atoms with E-state index in [0.29, 0.717) is 5.13 Å². The van der Waals surface area contributed by atoms with E-state index in [9.17, 15) is 8.42 Å². The summed E-state index contributed by atoms with van der Waals surface area (Å²) in [7, 11) is -1.74. The fourth-order valence-electron chi connectivity index (χ4n) is 1.57. The predicted molar refractivity (Wildman–Crippen MR) is 76.8 cm³/mol. The van der Waals surface area contributed by atoms with Crippen LogP contribution in [0.3, 0.4) is 0 Å². The maximum atomic E-state index is 12.2. The lowest BCUT2D eigenvalue weighted by molar-refractivity contribution is 0.600. The van der Waals surface area contributed by atoms with Crippen LogP contribution in [0.4, 0.5) is 5.13 Å². The molecule has 0 spiro atoms. The highest BCUT2D eigenvalue weighted by molar-refractivity contribution is 7.93. The van der Waals surface area contributed by atoms with E-state index >= 15 is 0 Å². The summed E-state index contributed by atoms with van der Waals surface area (Å²) >= 11 is 1.25. The fourth-order valence-corrected chi connectivity index (χ4v) is 3.41. The van der Waals surface area contributed by atoms with E-state index in [1.807, 2.05) is 20.0 Å². The minimum atomic E-state index is -3.58. The predicted octanol–water partition coefficient (Wildman–Crippen LogP) is 2.22. The van der Waals surface area contributed by atoms with Crippen molar-refractivity contribution in [3.8, 4) is 0 Å². The maximum absolute atomic E-state index is 12.2. The van der Waals surface area contributed by atoms with E-state index < -0.39 is 10.0 Å². The Morgan fingerprint density at radius 2 is 2.16 bits per heavy atom. The van der Waals surface area contributed by atoms with Crippen molar-refractivity contribution in [3.63, 3.8) is 0 Å². The van der Waals surface area contributed by atoms with E-state index in [0.717, 1.165) is 5.56 Å². The second-order valence-electron chi connectivity index (χ2n) is 4.03.